The van der Waals surface area contributed by atoms with E-state index in [-0.39, 0.29) is 38.2 Å². The summed E-state index contributed by atoms with van der Waals surface area (Å²) < 4.78 is 0. The van der Waals surface area contributed by atoms with Gasteiger partial charge in [-0.25, -0.2) is 9.78 Å². The van der Waals surface area contributed by atoms with Crippen molar-refractivity contribution >= 4 is 35.6 Å². The molecule has 0 aliphatic rings. The minimum absolute atomic E-state index is 0.0115. The molecule has 4 unspecified atom stereocenters. The van der Waals surface area contributed by atoms with Gasteiger partial charge in [0.25, 0.3) is 0 Å². The maximum atomic E-state index is 13.0. The summed E-state index contributed by atoms with van der Waals surface area (Å²) in [6, 6.07) is -4.85. The predicted molar refractivity (Wildman–Crippen MR) is 126 cm³/mol. The van der Waals surface area contributed by atoms with E-state index in [9.17, 15) is 29.1 Å². The minimum Gasteiger partial charge on any atom is -0.481 e. The molecule has 0 radical (unpaired) electrons. The number of nitrogens with zero attached hydrogens (tertiary/aromatic N) is 2. The zero-order valence-corrected chi connectivity index (χ0v) is 19.8. The Morgan fingerprint density at radius 3 is 2.08 bits per heavy atom. The van der Waals surface area contributed by atoms with Crippen molar-refractivity contribution in [1.29, 1.82) is 0 Å². The van der Waals surface area contributed by atoms with Crippen LogP contribution in [0.4, 0.5) is 0 Å². The Kier molecular flexibility index (Phi) is 12.4. The van der Waals surface area contributed by atoms with Crippen LogP contribution in [0, 0.1) is 0 Å². The normalized spacial score (nSPS) is 13.9. The van der Waals surface area contributed by atoms with Crippen LogP contribution in [0.25, 0.3) is 0 Å². The molecule has 12 N–H and O–H groups in total. The van der Waals surface area contributed by atoms with E-state index < -0.39 is 60.2 Å². The van der Waals surface area contributed by atoms with E-state index in [1.807, 2.05) is 0 Å². The van der Waals surface area contributed by atoms with Crippen molar-refractivity contribution in [2.75, 3.05) is 6.54 Å². The summed E-state index contributed by atoms with van der Waals surface area (Å²) in [5.74, 6) is -5.02. The zero-order chi connectivity index (χ0) is 27.3. The van der Waals surface area contributed by atoms with Crippen LogP contribution < -0.4 is 33.2 Å². The number of H-pyrrole nitrogens is 1. The van der Waals surface area contributed by atoms with Crippen molar-refractivity contribution in [2.24, 2.45) is 22.2 Å². The van der Waals surface area contributed by atoms with Gasteiger partial charge in [0.15, 0.2) is 5.96 Å². The molecule has 16 heteroatoms. The van der Waals surface area contributed by atoms with Crippen LogP contribution in [0.1, 0.15) is 38.3 Å². The third-order valence-corrected chi connectivity index (χ3v) is 4.87. The summed E-state index contributed by atoms with van der Waals surface area (Å²) in [4.78, 5) is 70.9. The Morgan fingerprint density at radius 2 is 1.58 bits per heavy atom. The molecule has 0 aliphatic carbocycles. The third-order valence-electron chi connectivity index (χ3n) is 4.87. The van der Waals surface area contributed by atoms with Crippen molar-refractivity contribution < 1.29 is 34.2 Å². The van der Waals surface area contributed by atoms with Gasteiger partial charge in [-0.3, -0.25) is 24.2 Å². The van der Waals surface area contributed by atoms with Crippen molar-refractivity contribution in [3.05, 3.63) is 18.2 Å². The van der Waals surface area contributed by atoms with Crippen LogP contribution in [-0.4, -0.2) is 86.5 Å². The van der Waals surface area contributed by atoms with Crippen molar-refractivity contribution in [2.45, 2.75) is 63.2 Å². The molecule has 0 aromatic carbocycles. The summed E-state index contributed by atoms with van der Waals surface area (Å²) in [5, 5.41) is 25.7. The number of aliphatic carboxylic acids is 2. The molecule has 1 heterocycles. The Balaban J connectivity index is 3.03. The number of nitrogens with two attached hydrogens (primary N) is 3. The van der Waals surface area contributed by atoms with E-state index in [1.54, 1.807) is 0 Å². The second-order valence-electron chi connectivity index (χ2n) is 7.97. The van der Waals surface area contributed by atoms with E-state index in [0.717, 1.165) is 0 Å². The number of guanidine groups is 1. The van der Waals surface area contributed by atoms with Crippen molar-refractivity contribution in [3.8, 4) is 0 Å². The van der Waals surface area contributed by atoms with Crippen LogP contribution in [0.3, 0.4) is 0 Å². The standard InChI is InChI=1S/C20H33N9O7/c1-10(21)16(32)27-13(4-5-15(30)31)18(34)28-12(3-2-6-25-20(22)23)17(33)29-14(19(35)36)7-11-8-24-9-26-11/h8-10,12-14H,2-7,21H2,1H3,(H,24,26)(H,27,32)(H,28,34)(H,29,33)(H,30,31)(H,35,36)(H4,22,23,25). The maximum absolute atomic E-state index is 13.0. The molecule has 1 aromatic heterocycles. The first-order chi connectivity index (χ1) is 16.9. The van der Waals surface area contributed by atoms with Gasteiger partial charge in [-0.1, -0.05) is 0 Å². The molecule has 3 amide bonds. The Morgan fingerprint density at radius 1 is 1.00 bits per heavy atom. The third kappa shape index (κ3) is 11.3. The smallest absolute Gasteiger partial charge is 0.326 e. The summed E-state index contributed by atoms with van der Waals surface area (Å²) >= 11 is 0. The molecular formula is C20H33N9O7. The number of aromatic nitrogens is 2. The number of hydrogen-bond donors (Lipinski definition) is 9. The number of carboxylic acid groups (broad SMARTS) is 2. The molecule has 0 spiro atoms. The lowest BCUT2D eigenvalue weighted by molar-refractivity contribution is -0.142. The number of aliphatic imine (C=N–C) groups is 1. The fourth-order valence-corrected chi connectivity index (χ4v) is 2.97. The number of aromatic amines is 1. The quantitative estimate of drug-likeness (QED) is 0.0603. The number of amides is 3. The zero-order valence-electron chi connectivity index (χ0n) is 19.8. The molecule has 0 bridgehead atoms. The van der Waals surface area contributed by atoms with E-state index in [0.29, 0.717) is 5.69 Å². The first-order valence-electron chi connectivity index (χ1n) is 11.0. The lowest BCUT2D eigenvalue weighted by atomic mass is 10.1. The highest BCUT2D eigenvalue weighted by Crippen LogP contribution is 2.06. The van der Waals surface area contributed by atoms with Crippen molar-refractivity contribution in [1.82, 2.24) is 25.9 Å². The Labute approximate surface area is 206 Å². The van der Waals surface area contributed by atoms with Gasteiger partial charge in [-0.15, -0.1) is 0 Å². The number of rotatable bonds is 16. The molecule has 0 aliphatic heterocycles. The summed E-state index contributed by atoms with van der Waals surface area (Å²) in [6.45, 7) is 1.51. The van der Waals surface area contributed by atoms with E-state index >= 15 is 0 Å². The maximum Gasteiger partial charge on any atom is 0.326 e. The molecule has 0 fully saturated rings. The molecule has 1 aromatic rings. The number of nitrogens with one attached hydrogen (secondary N) is 4. The largest absolute Gasteiger partial charge is 0.481 e. The van der Waals surface area contributed by atoms with Gasteiger partial charge in [-0.05, 0) is 26.2 Å². The summed E-state index contributed by atoms with van der Waals surface area (Å²) in [5.41, 5.74) is 16.6. The van der Waals surface area contributed by atoms with E-state index in [4.69, 9.17) is 22.3 Å². The SMILES string of the molecule is CC(N)C(=O)NC(CCC(=O)O)C(=O)NC(CCCN=C(N)N)C(=O)NC(Cc1cnc[nH]1)C(=O)O. The van der Waals surface area contributed by atoms with Gasteiger partial charge in [0, 0.05) is 31.3 Å². The molecule has 200 valence electrons. The highest BCUT2D eigenvalue weighted by molar-refractivity contribution is 5.94. The fraction of sp³-hybridized carbons (Fsp3) is 0.550. The first-order valence-corrected chi connectivity index (χ1v) is 11.0. The van der Waals surface area contributed by atoms with E-state index in [1.165, 1.54) is 19.4 Å². The number of hydrogen-bond acceptors (Lipinski definition) is 8. The monoisotopic (exact) mass is 511 g/mol. The Hall–Kier alpha value is -4.21. The highest BCUT2D eigenvalue weighted by Gasteiger charge is 2.30. The highest BCUT2D eigenvalue weighted by atomic mass is 16.4. The molecule has 36 heavy (non-hydrogen) atoms. The van der Waals surface area contributed by atoms with Gasteiger partial charge in [0.2, 0.25) is 17.7 Å². The molecule has 0 saturated heterocycles. The fourth-order valence-electron chi connectivity index (χ4n) is 2.97. The Bertz CT molecular complexity index is 930. The molecular weight excluding hydrogens is 478 g/mol. The molecule has 0 saturated carbocycles. The van der Waals surface area contributed by atoms with Gasteiger partial charge >= 0.3 is 11.9 Å². The topological polar surface area (TPSA) is 281 Å². The average molecular weight is 512 g/mol. The minimum atomic E-state index is -1.34. The number of imidazole rings is 1. The van der Waals surface area contributed by atoms with Crippen molar-refractivity contribution in [3.63, 3.8) is 0 Å². The van der Waals surface area contributed by atoms with Gasteiger partial charge in [-0.2, -0.15) is 0 Å². The van der Waals surface area contributed by atoms with Gasteiger partial charge < -0.3 is 48.3 Å². The second-order valence-corrected chi connectivity index (χ2v) is 7.97. The average Bonchev–Trinajstić information content (AvgIpc) is 3.30. The molecule has 16 nitrogen and oxygen atoms in total. The number of carbonyl (C=O) groups is 5. The predicted octanol–water partition coefficient (Wildman–Crippen LogP) is -3.24. The number of carbonyl (C=O) groups excluding carboxylic acids is 3. The molecule has 1 rings (SSSR count). The van der Waals surface area contributed by atoms with Crippen LogP contribution >= 0.6 is 0 Å². The van der Waals surface area contributed by atoms with Crippen LogP contribution in [0.2, 0.25) is 0 Å². The van der Waals surface area contributed by atoms with Crippen LogP contribution in [-0.2, 0) is 30.4 Å². The van der Waals surface area contributed by atoms with Crippen LogP contribution in [0.5, 0.6) is 0 Å². The lowest BCUT2D eigenvalue weighted by Gasteiger charge is -2.24. The van der Waals surface area contributed by atoms with Gasteiger partial charge in [0.05, 0.1) is 12.4 Å². The lowest BCUT2D eigenvalue weighted by Crippen LogP contribution is -2.57. The second kappa shape index (κ2) is 14.9. The summed E-state index contributed by atoms with van der Waals surface area (Å²) in [7, 11) is 0. The summed E-state index contributed by atoms with van der Waals surface area (Å²) in [6.07, 6.45) is 2.21. The number of carboxylic acids is 2. The van der Waals surface area contributed by atoms with E-state index in [2.05, 4.69) is 30.9 Å². The van der Waals surface area contributed by atoms with Gasteiger partial charge in [0.1, 0.15) is 18.1 Å². The van der Waals surface area contributed by atoms with Crippen LogP contribution in [0.15, 0.2) is 17.5 Å². The first kappa shape index (κ1) is 29.8. The molecule has 4 atom stereocenters.